The molecule has 0 aromatic rings. The van der Waals surface area contributed by atoms with Gasteiger partial charge in [-0.05, 0) is 57.8 Å². The maximum atomic E-state index is 12.8. The molecule has 1 saturated heterocycles. The lowest BCUT2D eigenvalue weighted by molar-refractivity contribution is -0.297. The van der Waals surface area contributed by atoms with Gasteiger partial charge in [0.15, 0.2) is 12.4 Å². The molecule has 59 heavy (non-hydrogen) atoms. The highest BCUT2D eigenvalue weighted by molar-refractivity contribution is 7.85. The van der Waals surface area contributed by atoms with E-state index in [1.165, 1.54) is 57.8 Å². The van der Waals surface area contributed by atoms with Crippen LogP contribution in [0.25, 0.3) is 0 Å². The van der Waals surface area contributed by atoms with Crippen molar-refractivity contribution in [2.45, 2.75) is 198 Å². The minimum Gasteiger partial charge on any atom is -0.462 e. The molecule has 4 N–H and O–H groups in total. The van der Waals surface area contributed by atoms with Crippen molar-refractivity contribution < 1.29 is 56.8 Å². The number of hydrogen-bond donors (Lipinski definition) is 4. The van der Waals surface area contributed by atoms with Gasteiger partial charge in [-0.3, -0.25) is 14.1 Å². The van der Waals surface area contributed by atoms with E-state index in [1.54, 1.807) is 0 Å². The molecule has 0 radical (unpaired) electrons. The average molecular weight is 855 g/mol. The van der Waals surface area contributed by atoms with E-state index in [9.17, 15) is 37.9 Å². The Hall–Kier alpha value is -2.65. The second-order valence-electron chi connectivity index (χ2n) is 15.4. The highest BCUT2D eigenvalue weighted by atomic mass is 32.2. The van der Waals surface area contributed by atoms with Crippen molar-refractivity contribution in [3.63, 3.8) is 0 Å². The first-order chi connectivity index (χ1) is 28.5. The number of allylic oxidation sites excluding steroid dienone is 10. The van der Waals surface area contributed by atoms with E-state index in [0.717, 1.165) is 64.2 Å². The van der Waals surface area contributed by atoms with Crippen LogP contribution >= 0.6 is 0 Å². The van der Waals surface area contributed by atoms with E-state index in [1.807, 2.05) is 36.5 Å². The first-order valence-electron chi connectivity index (χ1n) is 22.4. The average Bonchev–Trinajstić information content (AvgIpc) is 3.20. The van der Waals surface area contributed by atoms with Crippen LogP contribution in [0.1, 0.15) is 162 Å². The maximum absolute atomic E-state index is 12.8. The fraction of sp³-hybridized carbons (Fsp3) is 0.739. The number of aliphatic hydroxyl groups excluding tert-OH is 3. The summed E-state index contributed by atoms with van der Waals surface area (Å²) < 4.78 is 54.0. The first kappa shape index (κ1) is 54.4. The number of aliphatic hydroxyl groups is 3. The van der Waals surface area contributed by atoms with Crippen LogP contribution in [-0.4, -0.2) is 96.0 Å². The summed E-state index contributed by atoms with van der Waals surface area (Å²) in [5.74, 6) is -2.05. The topological polar surface area (TPSA) is 186 Å². The molecule has 0 bridgehead atoms. The van der Waals surface area contributed by atoms with Crippen molar-refractivity contribution in [2.24, 2.45) is 0 Å². The highest BCUT2D eigenvalue weighted by Crippen LogP contribution is 2.24. The molecule has 6 atom stereocenters. The molecule has 1 rings (SSSR count). The van der Waals surface area contributed by atoms with Crippen LogP contribution in [0.5, 0.6) is 0 Å². The third-order valence-electron chi connectivity index (χ3n) is 9.93. The van der Waals surface area contributed by atoms with Crippen LogP contribution in [0.2, 0.25) is 0 Å². The third kappa shape index (κ3) is 30.9. The van der Waals surface area contributed by atoms with E-state index >= 15 is 0 Å². The van der Waals surface area contributed by atoms with Gasteiger partial charge in [0.25, 0.3) is 10.1 Å². The zero-order valence-electron chi connectivity index (χ0n) is 36.1. The second-order valence-corrected chi connectivity index (χ2v) is 16.9. The molecule has 1 aliphatic rings. The first-order valence-corrected chi connectivity index (χ1v) is 24.0. The van der Waals surface area contributed by atoms with Gasteiger partial charge in [-0.15, -0.1) is 0 Å². The van der Waals surface area contributed by atoms with E-state index in [2.05, 4.69) is 38.2 Å². The molecule has 0 saturated carbocycles. The van der Waals surface area contributed by atoms with Gasteiger partial charge >= 0.3 is 11.9 Å². The van der Waals surface area contributed by atoms with Gasteiger partial charge in [-0.1, -0.05) is 152 Å². The van der Waals surface area contributed by atoms with Gasteiger partial charge in [0, 0.05) is 12.8 Å². The minimum atomic E-state index is -4.61. The molecule has 3 unspecified atom stereocenters. The van der Waals surface area contributed by atoms with Crippen LogP contribution in [-0.2, 0) is 38.7 Å². The number of hydrogen-bond acceptors (Lipinski definition) is 11. The normalized spacial score (nSPS) is 20.8. The third-order valence-corrected chi connectivity index (χ3v) is 10.7. The van der Waals surface area contributed by atoms with E-state index < -0.39 is 71.2 Å². The Labute approximate surface area is 355 Å². The molecule has 0 spiro atoms. The molecule has 13 heteroatoms. The van der Waals surface area contributed by atoms with Gasteiger partial charge in [0.2, 0.25) is 0 Å². The SMILES string of the molecule is CC/C=C/C=C/C=C/C=C/CCCCCC(=O)OC(COC(=O)CCCCCCC/C=C/CCCCCCCCCCC)CO[C@H]1O[C@H](CS(=O)(=O)O)[C@@H](O)C(O)C1O. The number of unbranched alkanes of at least 4 members (excludes halogenated alkanes) is 17. The summed E-state index contributed by atoms with van der Waals surface area (Å²) in [7, 11) is -4.61. The van der Waals surface area contributed by atoms with Crippen LogP contribution in [0, 0.1) is 0 Å². The molecule has 0 aromatic heterocycles. The zero-order chi connectivity index (χ0) is 43.4. The minimum absolute atomic E-state index is 0.114. The maximum Gasteiger partial charge on any atom is 0.306 e. The zero-order valence-corrected chi connectivity index (χ0v) is 36.9. The molecule has 1 aliphatic heterocycles. The van der Waals surface area contributed by atoms with Crippen molar-refractivity contribution in [3.8, 4) is 0 Å². The number of rotatable bonds is 36. The van der Waals surface area contributed by atoms with Gasteiger partial charge in [-0.2, -0.15) is 8.42 Å². The Morgan fingerprint density at radius 1 is 0.593 bits per heavy atom. The Bertz CT molecular complexity index is 1320. The van der Waals surface area contributed by atoms with Crippen molar-refractivity contribution in [2.75, 3.05) is 19.0 Å². The molecule has 0 amide bonds. The lowest BCUT2D eigenvalue weighted by Gasteiger charge is -2.40. The van der Waals surface area contributed by atoms with Gasteiger partial charge in [0.1, 0.15) is 36.8 Å². The molecule has 1 fully saturated rings. The van der Waals surface area contributed by atoms with Crippen LogP contribution in [0.4, 0.5) is 0 Å². The summed E-state index contributed by atoms with van der Waals surface area (Å²) >= 11 is 0. The summed E-state index contributed by atoms with van der Waals surface area (Å²) in [4.78, 5) is 25.4. The van der Waals surface area contributed by atoms with E-state index in [4.69, 9.17) is 18.9 Å². The Morgan fingerprint density at radius 2 is 1.08 bits per heavy atom. The van der Waals surface area contributed by atoms with Crippen LogP contribution in [0.3, 0.4) is 0 Å². The molecule has 1 heterocycles. The molecule has 12 nitrogen and oxygen atoms in total. The lowest BCUT2D eigenvalue weighted by Crippen LogP contribution is -2.60. The molecular weight excluding hydrogens is 777 g/mol. The number of carbonyl (C=O) groups excluding carboxylic acids is 2. The number of ether oxygens (including phenoxy) is 4. The van der Waals surface area contributed by atoms with Gasteiger partial charge in [0.05, 0.1) is 6.61 Å². The summed E-state index contributed by atoms with van der Waals surface area (Å²) in [5.41, 5.74) is 0. The van der Waals surface area contributed by atoms with Gasteiger partial charge < -0.3 is 34.3 Å². The van der Waals surface area contributed by atoms with Crippen molar-refractivity contribution in [1.82, 2.24) is 0 Å². The second kappa shape index (κ2) is 36.0. The summed E-state index contributed by atoms with van der Waals surface area (Å²) in [5, 5.41) is 30.8. The van der Waals surface area contributed by atoms with Crippen LogP contribution in [0.15, 0.2) is 60.8 Å². The smallest absolute Gasteiger partial charge is 0.306 e. The summed E-state index contributed by atoms with van der Waals surface area (Å²) in [6.07, 6.45) is 34.2. The Kier molecular flexibility index (Phi) is 33.2. The quantitative estimate of drug-likeness (QED) is 0.0154. The summed E-state index contributed by atoms with van der Waals surface area (Å²) in [6.45, 7) is 3.57. The molecule has 340 valence electrons. The highest BCUT2D eigenvalue weighted by Gasteiger charge is 2.46. The Balaban J connectivity index is 2.46. The standard InChI is InChI=1S/C46H78O12S/c1-3-5-7-9-11-13-15-17-18-19-20-21-23-24-26-28-30-32-34-41(47)55-36-39(37-56-46-45(51)44(50)43(49)40(58-46)38-59(52,53)54)57-42(48)35-33-31-29-27-25-22-16-14-12-10-8-6-4-2/h6,8,10,12,14,16,20-22,25,39-40,43-46,49-51H,3-5,7,9,11,13,15,17-19,23-24,26-38H2,1-2H3,(H,52,53,54)/b8-6+,12-10+,16-14+,21-20+,25-22+/t39?,40-,43-,44?,45?,46+/m1/s1. The fourth-order valence-corrected chi connectivity index (χ4v) is 7.14. The van der Waals surface area contributed by atoms with E-state index in [-0.39, 0.29) is 19.4 Å². The van der Waals surface area contributed by atoms with Crippen molar-refractivity contribution >= 4 is 22.1 Å². The lowest BCUT2D eigenvalue weighted by atomic mass is 10.00. The predicted octanol–water partition coefficient (Wildman–Crippen LogP) is 8.95. The van der Waals surface area contributed by atoms with Crippen molar-refractivity contribution in [3.05, 3.63) is 60.8 Å². The predicted molar refractivity (Wildman–Crippen MR) is 233 cm³/mol. The Morgan fingerprint density at radius 3 is 1.66 bits per heavy atom. The monoisotopic (exact) mass is 855 g/mol. The van der Waals surface area contributed by atoms with Gasteiger partial charge in [-0.25, -0.2) is 0 Å². The molecule has 0 aliphatic carbocycles. The van der Waals surface area contributed by atoms with Crippen LogP contribution < -0.4 is 0 Å². The summed E-state index contributed by atoms with van der Waals surface area (Å²) in [6, 6.07) is 0. The fourth-order valence-electron chi connectivity index (χ4n) is 6.45. The van der Waals surface area contributed by atoms with E-state index in [0.29, 0.717) is 12.8 Å². The molecule has 0 aromatic carbocycles. The number of esters is 2. The number of carbonyl (C=O) groups is 2. The van der Waals surface area contributed by atoms with Crippen molar-refractivity contribution in [1.29, 1.82) is 0 Å². The largest absolute Gasteiger partial charge is 0.462 e. The molecular formula is C46H78O12S.